The third-order valence-corrected chi connectivity index (χ3v) is 4.32. The molecule has 0 saturated heterocycles. The topological polar surface area (TPSA) is 21.3 Å². The van der Waals surface area contributed by atoms with Crippen LogP contribution in [-0.2, 0) is 4.74 Å². The van der Waals surface area contributed by atoms with Crippen LogP contribution in [0.1, 0.15) is 51.2 Å². The van der Waals surface area contributed by atoms with Gasteiger partial charge in [0.15, 0.2) is 0 Å². The van der Waals surface area contributed by atoms with Crippen molar-refractivity contribution < 1.29 is 4.74 Å². The van der Waals surface area contributed by atoms with Crippen molar-refractivity contribution in [1.29, 1.82) is 0 Å². The average Bonchev–Trinajstić information content (AvgIpc) is 2.93. The van der Waals surface area contributed by atoms with Gasteiger partial charge in [0.2, 0.25) is 0 Å². The van der Waals surface area contributed by atoms with Crippen LogP contribution >= 0.6 is 11.6 Å². The van der Waals surface area contributed by atoms with E-state index in [0.29, 0.717) is 6.04 Å². The zero-order valence-electron chi connectivity index (χ0n) is 12.6. The number of rotatable bonds is 7. The highest BCUT2D eigenvalue weighted by Gasteiger charge is 2.20. The first-order chi connectivity index (χ1) is 9.66. The summed E-state index contributed by atoms with van der Waals surface area (Å²) in [6.07, 6.45) is 5.38. The van der Waals surface area contributed by atoms with E-state index in [1.807, 2.05) is 18.2 Å². The smallest absolute Gasteiger partial charge is 0.0963 e. The Labute approximate surface area is 127 Å². The number of halogens is 1. The van der Waals surface area contributed by atoms with Gasteiger partial charge in [-0.2, -0.15) is 0 Å². The Hall–Kier alpha value is -0.570. The third-order valence-electron chi connectivity index (χ3n) is 3.97. The Morgan fingerprint density at radius 1 is 1.25 bits per heavy atom. The zero-order valence-corrected chi connectivity index (χ0v) is 13.3. The molecule has 1 aromatic rings. The van der Waals surface area contributed by atoms with E-state index in [1.165, 1.54) is 25.7 Å². The molecule has 0 spiro atoms. The summed E-state index contributed by atoms with van der Waals surface area (Å²) >= 11 is 6.32. The predicted molar refractivity (Wildman–Crippen MR) is 85.2 cm³/mol. The lowest BCUT2D eigenvalue weighted by atomic mass is 10.1. The molecule has 1 aliphatic rings. The first kappa shape index (κ1) is 15.8. The Morgan fingerprint density at radius 2 is 1.95 bits per heavy atom. The molecule has 20 heavy (non-hydrogen) atoms. The van der Waals surface area contributed by atoms with Crippen LogP contribution in [0.15, 0.2) is 24.3 Å². The number of hydrogen-bond acceptors (Lipinski definition) is 2. The maximum absolute atomic E-state index is 6.32. The Morgan fingerprint density at radius 3 is 2.60 bits per heavy atom. The van der Waals surface area contributed by atoms with Gasteiger partial charge in [-0.3, -0.25) is 0 Å². The molecule has 1 N–H and O–H groups in total. The molecule has 1 fully saturated rings. The molecule has 112 valence electrons. The number of nitrogens with one attached hydrogen (secondary N) is 1. The monoisotopic (exact) mass is 295 g/mol. The van der Waals surface area contributed by atoms with Gasteiger partial charge in [0.25, 0.3) is 0 Å². The van der Waals surface area contributed by atoms with Gasteiger partial charge in [-0.15, -0.1) is 0 Å². The van der Waals surface area contributed by atoms with Gasteiger partial charge in [-0.05, 0) is 24.8 Å². The van der Waals surface area contributed by atoms with Gasteiger partial charge < -0.3 is 10.1 Å². The van der Waals surface area contributed by atoms with E-state index in [4.69, 9.17) is 16.3 Å². The van der Waals surface area contributed by atoms with Gasteiger partial charge in [-0.1, -0.05) is 56.5 Å². The maximum atomic E-state index is 6.32. The fourth-order valence-corrected chi connectivity index (χ4v) is 3.02. The van der Waals surface area contributed by atoms with E-state index >= 15 is 0 Å². The van der Waals surface area contributed by atoms with Crippen LogP contribution in [0, 0.1) is 5.92 Å². The summed E-state index contributed by atoms with van der Waals surface area (Å²) in [5.74, 6) is 0.735. The van der Waals surface area contributed by atoms with Gasteiger partial charge in [-0.25, -0.2) is 0 Å². The molecule has 1 unspecified atom stereocenters. The van der Waals surface area contributed by atoms with Crippen LogP contribution in [0.3, 0.4) is 0 Å². The largest absolute Gasteiger partial charge is 0.372 e. The van der Waals surface area contributed by atoms with Crippen LogP contribution in [0.25, 0.3) is 0 Å². The van der Waals surface area contributed by atoms with Crippen molar-refractivity contribution in [2.75, 3.05) is 13.2 Å². The van der Waals surface area contributed by atoms with Crippen LogP contribution in [-0.4, -0.2) is 19.2 Å². The fraction of sp³-hybridized carbons (Fsp3) is 0.647. The molecule has 0 radical (unpaired) electrons. The highest BCUT2D eigenvalue weighted by Crippen LogP contribution is 2.29. The summed E-state index contributed by atoms with van der Waals surface area (Å²) in [6, 6.07) is 8.47. The van der Waals surface area contributed by atoms with Gasteiger partial charge in [0.05, 0.1) is 12.7 Å². The lowest BCUT2D eigenvalue weighted by Crippen LogP contribution is -2.30. The molecule has 1 atom stereocenters. The lowest BCUT2D eigenvalue weighted by molar-refractivity contribution is 0.0285. The van der Waals surface area contributed by atoms with Crippen LogP contribution in [0.2, 0.25) is 5.02 Å². The van der Waals surface area contributed by atoms with Crippen molar-refractivity contribution in [1.82, 2.24) is 5.32 Å². The molecule has 0 bridgehead atoms. The minimum Gasteiger partial charge on any atom is -0.372 e. The Balaban J connectivity index is 1.97. The molecule has 1 aliphatic carbocycles. The minimum atomic E-state index is 0.0479. The SMILES string of the molecule is CC(C)NCC(OCC1CCCC1)c1ccccc1Cl. The lowest BCUT2D eigenvalue weighted by Gasteiger charge is -2.23. The molecule has 3 heteroatoms. The van der Waals surface area contributed by atoms with Crippen LogP contribution in [0.4, 0.5) is 0 Å². The van der Waals surface area contributed by atoms with Crippen molar-refractivity contribution in [2.24, 2.45) is 5.92 Å². The number of benzene rings is 1. The van der Waals surface area contributed by atoms with Crippen LogP contribution in [0.5, 0.6) is 0 Å². The predicted octanol–water partition coefficient (Wildman–Crippen LogP) is 4.59. The van der Waals surface area contributed by atoms with E-state index in [2.05, 4.69) is 25.2 Å². The molecule has 1 saturated carbocycles. The Kier molecular flexibility index (Phi) is 6.34. The molecule has 0 amide bonds. The second-order valence-electron chi connectivity index (χ2n) is 6.06. The second kappa shape index (κ2) is 8.02. The quantitative estimate of drug-likeness (QED) is 0.794. The third kappa shape index (κ3) is 4.76. The summed E-state index contributed by atoms with van der Waals surface area (Å²) in [5.41, 5.74) is 1.10. The second-order valence-corrected chi connectivity index (χ2v) is 6.46. The van der Waals surface area contributed by atoms with Crippen molar-refractivity contribution in [3.05, 3.63) is 34.9 Å². The summed E-state index contributed by atoms with van der Waals surface area (Å²) in [7, 11) is 0. The average molecular weight is 296 g/mol. The first-order valence-electron chi connectivity index (χ1n) is 7.76. The molecule has 0 aliphatic heterocycles. The minimum absolute atomic E-state index is 0.0479. The van der Waals surface area contributed by atoms with Crippen molar-refractivity contribution in [3.63, 3.8) is 0 Å². The van der Waals surface area contributed by atoms with Crippen molar-refractivity contribution in [2.45, 2.75) is 51.7 Å². The molecule has 2 rings (SSSR count). The maximum Gasteiger partial charge on any atom is 0.0963 e. The van der Waals surface area contributed by atoms with Crippen molar-refractivity contribution in [3.8, 4) is 0 Å². The van der Waals surface area contributed by atoms with E-state index in [-0.39, 0.29) is 6.10 Å². The van der Waals surface area contributed by atoms with E-state index in [1.54, 1.807) is 0 Å². The first-order valence-corrected chi connectivity index (χ1v) is 8.14. The van der Waals surface area contributed by atoms with E-state index in [9.17, 15) is 0 Å². The molecule has 0 aromatic heterocycles. The van der Waals surface area contributed by atoms with Crippen molar-refractivity contribution >= 4 is 11.6 Å². The summed E-state index contributed by atoms with van der Waals surface area (Å²) in [4.78, 5) is 0. The van der Waals surface area contributed by atoms with E-state index < -0.39 is 0 Å². The summed E-state index contributed by atoms with van der Waals surface area (Å²) < 4.78 is 6.20. The fourth-order valence-electron chi connectivity index (χ4n) is 2.77. The zero-order chi connectivity index (χ0) is 14.4. The van der Waals surface area contributed by atoms with Crippen LogP contribution < -0.4 is 5.32 Å². The van der Waals surface area contributed by atoms with E-state index in [0.717, 1.165) is 29.7 Å². The normalized spacial score (nSPS) is 17.8. The standard InChI is InChI=1S/C17H26ClNO/c1-13(2)19-11-17(15-9-5-6-10-16(15)18)20-12-14-7-3-4-8-14/h5-6,9-10,13-14,17,19H,3-4,7-8,11-12H2,1-2H3. The molecule has 0 heterocycles. The van der Waals surface area contributed by atoms with Gasteiger partial charge in [0, 0.05) is 23.2 Å². The highest BCUT2D eigenvalue weighted by atomic mass is 35.5. The van der Waals surface area contributed by atoms with Gasteiger partial charge in [0.1, 0.15) is 0 Å². The van der Waals surface area contributed by atoms with Gasteiger partial charge >= 0.3 is 0 Å². The molecular weight excluding hydrogens is 270 g/mol. The summed E-state index contributed by atoms with van der Waals surface area (Å²) in [6.45, 7) is 5.98. The summed E-state index contributed by atoms with van der Waals surface area (Å²) in [5, 5.41) is 4.26. The number of hydrogen-bond donors (Lipinski definition) is 1. The molecular formula is C17H26ClNO. The highest BCUT2D eigenvalue weighted by molar-refractivity contribution is 6.31. The molecule has 1 aromatic carbocycles. The Bertz CT molecular complexity index is 402. The molecule has 2 nitrogen and oxygen atoms in total. The number of ether oxygens (including phenoxy) is 1.